The number of benzene rings is 5. The molecule has 0 aliphatic rings. The molecule has 0 aromatic heterocycles. The van der Waals surface area contributed by atoms with Crippen LogP contribution in [0.25, 0.3) is 10.8 Å². The van der Waals surface area contributed by atoms with Crippen LogP contribution in [0.3, 0.4) is 0 Å². The highest BCUT2D eigenvalue weighted by Crippen LogP contribution is 2.19. The molecule has 0 heterocycles. The van der Waals surface area contributed by atoms with Gasteiger partial charge in [-0.3, -0.25) is 9.59 Å². The molecule has 0 aliphatic carbocycles. The predicted octanol–water partition coefficient (Wildman–Crippen LogP) is 6.05. The Bertz CT molecular complexity index is 1730. The maximum atomic E-state index is 12.5. The minimum absolute atomic E-state index is 0.0184. The largest absolute Gasteiger partial charge is 0.383 e. The summed E-state index contributed by atoms with van der Waals surface area (Å²) < 4.78 is 0. The van der Waals surface area contributed by atoms with E-state index in [4.69, 9.17) is 11.5 Å². The lowest BCUT2D eigenvalue weighted by molar-refractivity contribution is 0.0950. The second kappa shape index (κ2) is 18.6. The molecule has 0 fully saturated rings. The summed E-state index contributed by atoms with van der Waals surface area (Å²) in [4.78, 5) is 24.7. The number of carbonyl (C=O) groups is 2. The number of thiol groups is 2. The first-order valence-electron chi connectivity index (χ1n) is 15.4. The summed E-state index contributed by atoms with van der Waals surface area (Å²) in [7, 11) is 0. The van der Waals surface area contributed by atoms with Crippen LogP contribution in [0, 0.1) is 0 Å². The molecule has 0 aliphatic heterocycles. The molecule has 8 nitrogen and oxygen atoms in total. The minimum atomic E-state index is -0.136. The number of nitrogens with one attached hydrogen (secondary N) is 4. The van der Waals surface area contributed by atoms with E-state index < -0.39 is 0 Å². The van der Waals surface area contributed by atoms with Crippen LogP contribution in [-0.4, -0.2) is 48.5 Å². The number of anilines is 3. The fourth-order valence-corrected chi connectivity index (χ4v) is 4.87. The molecule has 2 amide bonds. The van der Waals surface area contributed by atoms with Gasteiger partial charge in [-0.2, -0.15) is 25.3 Å². The monoisotopic (exact) mass is 666 g/mol. The van der Waals surface area contributed by atoms with Crippen molar-refractivity contribution in [2.75, 3.05) is 40.5 Å². The number of para-hydroxylation sites is 1. The Hall–Kier alpha value is -4.48. The number of fused-ring (bicyclic) bond motifs is 1. The zero-order valence-electron chi connectivity index (χ0n) is 26.1. The first-order valence-corrected chi connectivity index (χ1v) is 16.6. The van der Waals surface area contributed by atoms with E-state index in [0.717, 1.165) is 28.0 Å². The van der Waals surface area contributed by atoms with E-state index in [1.807, 2.05) is 97.1 Å². The molecule has 8 N–H and O–H groups in total. The number of amides is 2. The summed E-state index contributed by atoms with van der Waals surface area (Å²) in [6.07, 6.45) is 0. The van der Waals surface area contributed by atoms with Gasteiger partial charge in [-0.05, 0) is 64.9 Å². The number of hydrogen-bond donors (Lipinski definition) is 8. The van der Waals surface area contributed by atoms with Crippen molar-refractivity contribution in [3.8, 4) is 0 Å². The molecule has 5 aromatic rings. The van der Waals surface area contributed by atoms with E-state index in [9.17, 15) is 9.59 Å². The third-order valence-corrected chi connectivity index (χ3v) is 8.14. The fourth-order valence-electron chi connectivity index (χ4n) is 4.62. The van der Waals surface area contributed by atoms with Crippen LogP contribution in [0.4, 0.5) is 17.1 Å². The summed E-state index contributed by atoms with van der Waals surface area (Å²) in [5, 5.41) is 14.6. The number of hydrogen-bond acceptors (Lipinski definition) is 8. The lowest BCUT2D eigenvalue weighted by atomic mass is 10.0. The lowest BCUT2D eigenvalue weighted by Gasteiger charge is -2.12. The van der Waals surface area contributed by atoms with Crippen molar-refractivity contribution < 1.29 is 9.59 Å². The van der Waals surface area contributed by atoms with Crippen LogP contribution >= 0.6 is 25.3 Å². The van der Waals surface area contributed by atoms with E-state index in [0.29, 0.717) is 42.3 Å². The van der Waals surface area contributed by atoms with Crippen LogP contribution in [-0.2, 0) is 6.54 Å². The second-order valence-corrected chi connectivity index (χ2v) is 11.7. The average molecular weight is 667 g/mol. The maximum absolute atomic E-state index is 12.5. The SMILES string of the molecule is N[C@@H](CS)CNc1cccc(C(=O)NCc2cccc3ccccc23)c1.N[C@@H](CS)CNc1cccc(C(=O)Nc2ccccc2)c1. The molecule has 0 spiro atoms. The summed E-state index contributed by atoms with van der Waals surface area (Å²) in [6, 6.07) is 38.4. The van der Waals surface area contributed by atoms with E-state index in [1.165, 1.54) is 5.39 Å². The second-order valence-electron chi connectivity index (χ2n) is 10.9. The van der Waals surface area contributed by atoms with Gasteiger partial charge in [0.25, 0.3) is 11.8 Å². The van der Waals surface area contributed by atoms with E-state index >= 15 is 0 Å². The summed E-state index contributed by atoms with van der Waals surface area (Å²) in [6.45, 7) is 1.72. The molecule has 10 heteroatoms. The van der Waals surface area contributed by atoms with Crippen molar-refractivity contribution in [2.24, 2.45) is 11.5 Å². The summed E-state index contributed by atoms with van der Waals surface area (Å²) >= 11 is 8.32. The molecule has 5 aromatic carbocycles. The van der Waals surface area contributed by atoms with Crippen LogP contribution in [0.5, 0.6) is 0 Å². The van der Waals surface area contributed by atoms with Crippen molar-refractivity contribution >= 4 is 64.9 Å². The number of nitrogens with two attached hydrogens (primary N) is 2. The Labute approximate surface area is 287 Å². The molecular weight excluding hydrogens is 625 g/mol. The highest BCUT2D eigenvalue weighted by atomic mass is 32.1. The fraction of sp³-hybridized carbons (Fsp3) is 0.189. The van der Waals surface area contributed by atoms with Gasteiger partial charge in [-0.1, -0.05) is 72.8 Å². The minimum Gasteiger partial charge on any atom is -0.383 e. The zero-order valence-corrected chi connectivity index (χ0v) is 27.9. The molecule has 0 unspecified atom stereocenters. The van der Waals surface area contributed by atoms with E-state index in [2.05, 4.69) is 64.7 Å². The molecule has 244 valence electrons. The topological polar surface area (TPSA) is 134 Å². The molecule has 47 heavy (non-hydrogen) atoms. The molecule has 2 atom stereocenters. The average Bonchev–Trinajstić information content (AvgIpc) is 3.12. The van der Waals surface area contributed by atoms with Crippen molar-refractivity contribution in [2.45, 2.75) is 18.6 Å². The lowest BCUT2D eigenvalue weighted by Crippen LogP contribution is -2.30. The summed E-state index contributed by atoms with van der Waals surface area (Å²) in [5.74, 6) is 0.989. The molecule has 5 rings (SSSR count). The highest BCUT2D eigenvalue weighted by Gasteiger charge is 2.09. The van der Waals surface area contributed by atoms with Crippen LogP contribution in [0.2, 0.25) is 0 Å². The van der Waals surface area contributed by atoms with Crippen LogP contribution in [0.1, 0.15) is 26.3 Å². The smallest absolute Gasteiger partial charge is 0.255 e. The Morgan fingerprint density at radius 2 is 1.11 bits per heavy atom. The molecule has 0 bridgehead atoms. The first-order chi connectivity index (χ1) is 22.9. The van der Waals surface area contributed by atoms with Gasteiger partial charge in [0.2, 0.25) is 0 Å². The van der Waals surface area contributed by atoms with Gasteiger partial charge < -0.3 is 32.7 Å². The maximum Gasteiger partial charge on any atom is 0.255 e. The standard InChI is InChI=1S/C21H23N3OS.C16H19N3OS/c22-18(14-26)13-23-19-9-4-7-16(11-19)21(25)24-12-17-8-3-6-15-5-1-2-10-20(15)17;17-13(11-21)10-18-15-8-4-5-12(9-15)16(20)19-14-6-2-1-3-7-14/h1-11,18,23,26H,12-14,22H2,(H,24,25);1-9,13,18,21H,10-11,17H2,(H,19,20)/t18-;13-/m11/s1. The van der Waals surface area contributed by atoms with Crippen molar-refractivity contribution in [1.29, 1.82) is 0 Å². The van der Waals surface area contributed by atoms with Gasteiger partial charge in [0.05, 0.1) is 0 Å². The third-order valence-electron chi connectivity index (χ3n) is 7.21. The number of carbonyl (C=O) groups excluding carboxylic acids is 2. The van der Waals surface area contributed by atoms with Crippen molar-refractivity contribution in [3.63, 3.8) is 0 Å². The Morgan fingerprint density at radius 3 is 1.72 bits per heavy atom. The van der Waals surface area contributed by atoms with E-state index in [1.54, 1.807) is 6.07 Å². The van der Waals surface area contributed by atoms with E-state index in [-0.39, 0.29) is 23.9 Å². The normalized spacial score (nSPS) is 11.8. The molecule has 0 radical (unpaired) electrons. The van der Waals surface area contributed by atoms with Gasteiger partial charge in [0.1, 0.15) is 0 Å². The Balaban J connectivity index is 0.000000218. The van der Waals surface area contributed by atoms with Crippen LogP contribution in [0.15, 0.2) is 121 Å². The first kappa shape index (κ1) is 35.4. The van der Waals surface area contributed by atoms with Crippen LogP contribution < -0.4 is 32.7 Å². The zero-order chi connectivity index (χ0) is 33.4. The third kappa shape index (κ3) is 11.4. The van der Waals surface area contributed by atoms with Gasteiger partial charge in [-0.15, -0.1) is 0 Å². The quantitative estimate of drug-likeness (QED) is 0.0722. The molecule has 0 saturated carbocycles. The van der Waals surface area contributed by atoms with Crippen molar-refractivity contribution in [1.82, 2.24) is 5.32 Å². The molecular formula is C37H42N6O2S2. The van der Waals surface area contributed by atoms with Gasteiger partial charge in [-0.25, -0.2) is 0 Å². The van der Waals surface area contributed by atoms with Gasteiger partial charge in [0.15, 0.2) is 0 Å². The van der Waals surface area contributed by atoms with Gasteiger partial charge >= 0.3 is 0 Å². The molecule has 0 saturated heterocycles. The van der Waals surface area contributed by atoms with Crippen molar-refractivity contribution in [3.05, 3.63) is 138 Å². The summed E-state index contributed by atoms with van der Waals surface area (Å²) in [5.41, 5.74) is 16.5. The highest BCUT2D eigenvalue weighted by molar-refractivity contribution is 7.80. The number of rotatable bonds is 13. The Kier molecular flexibility index (Phi) is 14.0. The Morgan fingerprint density at radius 1 is 0.596 bits per heavy atom. The van der Waals surface area contributed by atoms with Gasteiger partial charge in [0, 0.05) is 71.4 Å². The predicted molar refractivity (Wildman–Crippen MR) is 203 cm³/mol.